The van der Waals surface area contributed by atoms with Crippen LogP contribution in [0.4, 0.5) is 0 Å². The molecule has 0 bridgehead atoms. The van der Waals surface area contributed by atoms with Crippen molar-refractivity contribution in [2.75, 3.05) is 39.8 Å². The Morgan fingerprint density at radius 3 is 2.41 bits per heavy atom. The van der Waals surface area contributed by atoms with Gasteiger partial charge in [-0.3, -0.25) is 14.5 Å². The molecule has 4 rings (SSSR count). The molecule has 3 aliphatic rings. The van der Waals surface area contributed by atoms with Crippen LogP contribution in [-0.4, -0.2) is 82.3 Å². The molecule has 2 amide bonds. The Labute approximate surface area is 160 Å². The monoisotopic (exact) mass is 371 g/mol. The summed E-state index contributed by atoms with van der Waals surface area (Å²) >= 11 is 0. The Balaban J connectivity index is 1.49. The van der Waals surface area contributed by atoms with Gasteiger partial charge >= 0.3 is 0 Å². The normalized spacial score (nSPS) is 25.7. The minimum absolute atomic E-state index is 0.00484. The minimum Gasteiger partial charge on any atom is -0.341 e. The van der Waals surface area contributed by atoms with Crippen LogP contribution in [0, 0.1) is 5.41 Å². The van der Waals surface area contributed by atoms with E-state index >= 15 is 0 Å². The van der Waals surface area contributed by atoms with Gasteiger partial charge in [-0.05, 0) is 63.6 Å². The van der Waals surface area contributed by atoms with E-state index in [0.29, 0.717) is 24.7 Å². The molecule has 4 heterocycles. The summed E-state index contributed by atoms with van der Waals surface area (Å²) in [5.74, 6) is 0.282. The van der Waals surface area contributed by atoms with Gasteiger partial charge in [-0.2, -0.15) is 0 Å². The molecule has 27 heavy (non-hydrogen) atoms. The molecule has 0 N–H and O–H groups in total. The first-order valence-corrected chi connectivity index (χ1v) is 10.2. The molecule has 3 fully saturated rings. The van der Waals surface area contributed by atoms with Crippen molar-refractivity contribution in [3.05, 3.63) is 24.3 Å². The minimum atomic E-state index is -0.0411. The van der Waals surface area contributed by atoms with E-state index in [9.17, 15) is 9.59 Å². The fourth-order valence-electron chi connectivity index (χ4n) is 5.23. The van der Waals surface area contributed by atoms with E-state index < -0.39 is 0 Å². The lowest BCUT2D eigenvalue weighted by Gasteiger charge is -2.52. The Morgan fingerprint density at radius 2 is 1.74 bits per heavy atom. The second kappa shape index (κ2) is 7.54. The Morgan fingerprint density at radius 1 is 1.00 bits per heavy atom. The van der Waals surface area contributed by atoms with Gasteiger partial charge in [0.25, 0.3) is 5.91 Å². The van der Waals surface area contributed by atoms with Gasteiger partial charge in [0.1, 0.15) is 12.0 Å². The fraction of sp³-hybridized carbons (Fsp3) is 0.700. The molecule has 0 aromatic carbocycles. The summed E-state index contributed by atoms with van der Waals surface area (Å²) in [6.07, 6.45) is 9.24. The van der Waals surface area contributed by atoms with Crippen molar-refractivity contribution in [2.24, 2.45) is 5.41 Å². The molecule has 1 spiro atoms. The largest absolute Gasteiger partial charge is 0.341 e. The van der Waals surface area contributed by atoms with Crippen LogP contribution >= 0.6 is 0 Å². The Bertz CT molecular complexity index is 681. The quantitative estimate of drug-likeness (QED) is 0.786. The van der Waals surface area contributed by atoms with Gasteiger partial charge in [-0.15, -0.1) is 0 Å². The standard InChI is InChI=1S/C20H29N5O2/c1-23-10-4-6-20(17(23)19(27)24-11-2-3-12-24)7-13-25(14-8-20)18(26)16-5-9-21-15-22-16/h5,9,15,17H,2-4,6-8,10-14H2,1H3/t17-/m1/s1. The molecule has 0 unspecified atom stereocenters. The zero-order chi connectivity index (χ0) is 18.9. The van der Waals surface area contributed by atoms with E-state index in [1.165, 1.54) is 6.33 Å². The van der Waals surface area contributed by atoms with Crippen molar-refractivity contribution in [1.29, 1.82) is 0 Å². The Kier molecular flexibility index (Phi) is 5.12. The molecule has 3 aliphatic heterocycles. The molecule has 7 nitrogen and oxygen atoms in total. The number of rotatable bonds is 2. The fourth-order valence-corrected chi connectivity index (χ4v) is 5.23. The van der Waals surface area contributed by atoms with Crippen LogP contribution in [0.5, 0.6) is 0 Å². The lowest BCUT2D eigenvalue weighted by atomic mass is 9.66. The SMILES string of the molecule is CN1CCCC2(CCN(C(=O)c3ccncn3)CC2)[C@H]1C(=O)N1CCCC1. The molecular formula is C20H29N5O2. The van der Waals surface area contributed by atoms with Crippen LogP contribution in [0.3, 0.4) is 0 Å². The predicted octanol–water partition coefficient (Wildman–Crippen LogP) is 1.42. The van der Waals surface area contributed by atoms with Crippen molar-refractivity contribution < 1.29 is 9.59 Å². The van der Waals surface area contributed by atoms with Crippen LogP contribution in [-0.2, 0) is 4.79 Å². The highest BCUT2D eigenvalue weighted by Gasteiger charge is 2.50. The summed E-state index contributed by atoms with van der Waals surface area (Å²) in [5, 5.41) is 0. The maximum absolute atomic E-state index is 13.3. The topological polar surface area (TPSA) is 69.6 Å². The zero-order valence-corrected chi connectivity index (χ0v) is 16.1. The number of aromatic nitrogens is 2. The molecule has 1 aromatic heterocycles. The molecule has 0 radical (unpaired) electrons. The number of carbonyl (C=O) groups excluding carboxylic acids is 2. The lowest BCUT2D eigenvalue weighted by Crippen LogP contribution is -2.61. The Hall–Kier alpha value is -2.02. The summed E-state index contributed by atoms with van der Waals surface area (Å²) in [6, 6.07) is 1.63. The van der Waals surface area contributed by atoms with Crippen LogP contribution in [0.2, 0.25) is 0 Å². The van der Waals surface area contributed by atoms with Crippen molar-refractivity contribution in [3.8, 4) is 0 Å². The maximum atomic E-state index is 13.3. The van der Waals surface area contributed by atoms with Gasteiger partial charge in [0.15, 0.2) is 0 Å². The van der Waals surface area contributed by atoms with Crippen molar-refractivity contribution in [1.82, 2.24) is 24.7 Å². The van der Waals surface area contributed by atoms with Gasteiger partial charge in [0.2, 0.25) is 5.91 Å². The molecule has 7 heteroatoms. The van der Waals surface area contributed by atoms with Crippen molar-refractivity contribution in [2.45, 2.75) is 44.6 Å². The third kappa shape index (κ3) is 3.45. The third-order valence-electron chi connectivity index (χ3n) is 6.71. The summed E-state index contributed by atoms with van der Waals surface area (Å²) in [7, 11) is 2.10. The summed E-state index contributed by atoms with van der Waals surface area (Å²) in [4.78, 5) is 40.2. The molecule has 0 aliphatic carbocycles. The average molecular weight is 371 g/mol. The number of piperidine rings is 2. The number of hydrogen-bond acceptors (Lipinski definition) is 5. The number of likely N-dealkylation sites (tertiary alicyclic amines) is 3. The van der Waals surface area contributed by atoms with Gasteiger partial charge in [-0.1, -0.05) is 0 Å². The van der Waals surface area contributed by atoms with Crippen LogP contribution in [0.25, 0.3) is 0 Å². The van der Waals surface area contributed by atoms with E-state index in [4.69, 9.17) is 0 Å². The molecule has 1 atom stereocenters. The van der Waals surface area contributed by atoms with Crippen molar-refractivity contribution >= 4 is 11.8 Å². The summed E-state index contributed by atoms with van der Waals surface area (Å²) in [5.41, 5.74) is 0.446. The van der Waals surface area contributed by atoms with Gasteiger partial charge in [-0.25, -0.2) is 9.97 Å². The van der Waals surface area contributed by atoms with Crippen LogP contribution < -0.4 is 0 Å². The molecule has 146 valence electrons. The first-order valence-electron chi connectivity index (χ1n) is 10.2. The van der Waals surface area contributed by atoms with Crippen molar-refractivity contribution in [3.63, 3.8) is 0 Å². The number of carbonyl (C=O) groups is 2. The lowest BCUT2D eigenvalue weighted by molar-refractivity contribution is -0.145. The number of nitrogens with zero attached hydrogens (tertiary/aromatic N) is 5. The molecule has 1 aromatic rings. The number of amides is 2. The predicted molar refractivity (Wildman–Crippen MR) is 101 cm³/mol. The van der Waals surface area contributed by atoms with E-state index in [2.05, 4.69) is 26.8 Å². The highest BCUT2D eigenvalue weighted by molar-refractivity contribution is 5.92. The summed E-state index contributed by atoms with van der Waals surface area (Å²) < 4.78 is 0. The number of likely N-dealkylation sites (N-methyl/N-ethyl adjacent to an activating group) is 1. The van der Waals surface area contributed by atoms with Crippen LogP contribution in [0.1, 0.15) is 49.0 Å². The maximum Gasteiger partial charge on any atom is 0.272 e. The molecular weight excluding hydrogens is 342 g/mol. The van der Waals surface area contributed by atoms with E-state index in [0.717, 1.165) is 58.2 Å². The molecule has 3 saturated heterocycles. The first-order chi connectivity index (χ1) is 13.1. The second-order valence-electron chi connectivity index (χ2n) is 8.27. The third-order valence-corrected chi connectivity index (χ3v) is 6.71. The van der Waals surface area contributed by atoms with E-state index in [1.54, 1.807) is 12.3 Å². The average Bonchev–Trinajstić information content (AvgIpc) is 3.23. The number of hydrogen-bond donors (Lipinski definition) is 0. The first kappa shape index (κ1) is 18.3. The smallest absolute Gasteiger partial charge is 0.272 e. The molecule has 0 saturated carbocycles. The van der Waals surface area contributed by atoms with Gasteiger partial charge < -0.3 is 9.80 Å². The van der Waals surface area contributed by atoms with E-state index in [-0.39, 0.29) is 17.4 Å². The second-order valence-corrected chi connectivity index (χ2v) is 8.27. The van der Waals surface area contributed by atoms with Gasteiger partial charge in [0.05, 0.1) is 6.04 Å². The highest BCUT2D eigenvalue weighted by Crippen LogP contribution is 2.45. The summed E-state index contributed by atoms with van der Waals surface area (Å²) in [6.45, 7) is 4.17. The van der Waals surface area contributed by atoms with E-state index in [1.807, 2.05) is 4.90 Å². The highest BCUT2D eigenvalue weighted by atomic mass is 16.2. The van der Waals surface area contributed by atoms with Crippen LogP contribution in [0.15, 0.2) is 18.6 Å². The zero-order valence-electron chi connectivity index (χ0n) is 16.1. The van der Waals surface area contributed by atoms with Gasteiger partial charge in [0, 0.05) is 32.4 Å².